The zero-order valence-corrected chi connectivity index (χ0v) is 22.8. The normalized spacial score (nSPS) is 18.5. The van der Waals surface area contributed by atoms with Crippen molar-refractivity contribution in [3.8, 4) is 16.9 Å². The molecule has 8 heteroatoms. The van der Waals surface area contributed by atoms with E-state index in [1.54, 1.807) is 12.4 Å². The van der Waals surface area contributed by atoms with Crippen LogP contribution in [-0.2, 0) is 22.6 Å². The molecule has 2 amide bonds. The van der Waals surface area contributed by atoms with Crippen molar-refractivity contribution in [1.29, 1.82) is 0 Å². The number of benzene rings is 2. The van der Waals surface area contributed by atoms with E-state index in [1.165, 1.54) is 0 Å². The smallest absolute Gasteiger partial charge is 0.240 e. The van der Waals surface area contributed by atoms with Crippen molar-refractivity contribution in [1.82, 2.24) is 20.1 Å². The lowest BCUT2D eigenvalue weighted by molar-refractivity contribution is -0.130. The minimum absolute atomic E-state index is 0.0193. The van der Waals surface area contributed by atoms with E-state index in [1.807, 2.05) is 71.4 Å². The topological polar surface area (TPSA) is 123 Å². The second-order valence-electron chi connectivity index (χ2n) is 11.2. The summed E-state index contributed by atoms with van der Waals surface area (Å²) in [4.78, 5) is 29.4. The molecular formula is C32H35N5O3. The Morgan fingerprint density at radius 2 is 1.82 bits per heavy atom. The molecule has 0 spiro atoms. The summed E-state index contributed by atoms with van der Waals surface area (Å²) in [6.45, 7) is 4.35. The lowest BCUT2D eigenvalue weighted by atomic mass is 9.52. The molecule has 2 heterocycles. The SMILES string of the molecule is CC1(C)[C@@H](CC(=O)N[C@@H](Cc2ccccc2)C(N)=O)C[C@@H]1c1cc(-c2cccnc2)nn1-c1ccc(CO)cc1. The van der Waals surface area contributed by atoms with Crippen molar-refractivity contribution < 1.29 is 14.7 Å². The first-order valence-corrected chi connectivity index (χ1v) is 13.6. The molecule has 0 saturated heterocycles. The minimum Gasteiger partial charge on any atom is -0.392 e. The molecule has 40 heavy (non-hydrogen) atoms. The zero-order valence-electron chi connectivity index (χ0n) is 22.8. The lowest BCUT2D eigenvalue weighted by Gasteiger charge is -2.52. The molecule has 1 fully saturated rings. The highest BCUT2D eigenvalue weighted by molar-refractivity contribution is 5.87. The molecule has 1 aliphatic carbocycles. The van der Waals surface area contributed by atoms with Crippen LogP contribution in [0.5, 0.6) is 0 Å². The van der Waals surface area contributed by atoms with Crippen LogP contribution in [0.4, 0.5) is 0 Å². The summed E-state index contributed by atoms with van der Waals surface area (Å²) < 4.78 is 1.97. The molecule has 8 nitrogen and oxygen atoms in total. The maximum atomic E-state index is 13.1. The van der Waals surface area contributed by atoms with Gasteiger partial charge in [0.2, 0.25) is 11.8 Å². The maximum Gasteiger partial charge on any atom is 0.240 e. The monoisotopic (exact) mass is 537 g/mol. The summed E-state index contributed by atoms with van der Waals surface area (Å²) in [5.41, 5.74) is 10.9. The standard InChI is InChI=1S/C32H35N5O3/c1-32(2)24(17-30(39)35-28(31(33)40)15-21-7-4-3-5-8-21)16-26(32)29-18-27(23-9-6-14-34-19-23)36-37(29)25-12-10-22(20-38)11-13-25/h3-14,18-19,24,26,28,38H,15-17,20H2,1-2H3,(H2,33,40)(H,35,39)/t24-,26-,28+/m1/s1. The maximum absolute atomic E-state index is 13.1. The number of primary amides is 1. The van der Waals surface area contributed by atoms with Crippen molar-refractivity contribution >= 4 is 11.8 Å². The Morgan fingerprint density at radius 3 is 2.45 bits per heavy atom. The van der Waals surface area contributed by atoms with E-state index >= 15 is 0 Å². The first-order chi connectivity index (χ1) is 19.3. The van der Waals surface area contributed by atoms with Crippen LogP contribution in [0.25, 0.3) is 16.9 Å². The summed E-state index contributed by atoms with van der Waals surface area (Å²) in [6.07, 6.45) is 5.03. The average molecular weight is 538 g/mol. The third-order valence-electron chi connectivity index (χ3n) is 8.28. The number of hydrogen-bond acceptors (Lipinski definition) is 5. The molecule has 0 unspecified atom stereocenters. The molecule has 2 aromatic heterocycles. The number of carbonyl (C=O) groups is 2. The number of aromatic nitrogens is 3. The van der Waals surface area contributed by atoms with Crippen LogP contribution < -0.4 is 11.1 Å². The van der Waals surface area contributed by atoms with Gasteiger partial charge >= 0.3 is 0 Å². The Kier molecular flexibility index (Phi) is 7.80. The van der Waals surface area contributed by atoms with E-state index in [0.29, 0.717) is 12.8 Å². The molecule has 1 saturated carbocycles. The van der Waals surface area contributed by atoms with Gasteiger partial charge < -0.3 is 16.2 Å². The Labute approximate surface area is 234 Å². The van der Waals surface area contributed by atoms with Gasteiger partial charge in [0.1, 0.15) is 6.04 Å². The van der Waals surface area contributed by atoms with Gasteiger partial charge in [-0.1, -0.05) is 56.3 Å². The fraction of sp³-hybridized carbons (Fsp3) is 0.312. The Bertz CT molecular complexity index is 1470. The number of rotatable bonds is 10. The van der Waals surface area contributed by atoms with Crippen LogP contribution in [-0.4, -0.2) is 37.7 Å². The van der Waals surface area contributed by atoms with Crippen molar-refractivity contribution in [3.63, 3.8) is 0 Å². The fourth-order valence-corrected chi connectivity index (χ4v) is 5.66. The van der Waals surface area contributed by atoms with E-state index in [9.17, 15) is 14.7 Å². The highest BCUT2D eigenvalue weighted by Crippen LogP contribution is 2.58. The van der Waals surface area contributed by atoms with Gasteiger partial charge in [0.15, 0.2) is 0 Å². The molecule has 5 rings (SSSR count). The van der Waals surface area contributed by atoms with Crippen molar-refractivity contribution in [2.45, 2.75) is 51.7 Å². The summed E-state index contributed by atoms with van der Waals surface area (Å²) in [6, 6.07) is 22.5. The molecule has 2 aromatic carbocycles. The zero-order chi connectivity index (χ0) is 28.3. The van der Waals surface area contributed by atoms with Crippen molar-refractivity contribution in [2.75, 3.05) is 0 Å². The number of hydrogen-bond donors (Lipinski definition) is 3. The first kappa shape index (κ1) is 27.3. The van der Waals surface area contributed by atoms with Crippen LogP contribution >= 0.6 is 0 Å². The van der Waals surface area contributed by atoms with Gasteiger partial charge in [-0.25, -0.2) is 4.68 Å². The fourth-order valence-electron chi connectivity index (χ4n) is 5.66. The number of amides is 2. The van der Waals surface area contributed by atoms with E-state index in [2.05, 4.69) is 30.2 Å². The first-order valence-electron chi connectivity index (χ1n) is 13.6. The second kappa shape index (κ2) is 11.4. The average Bonchev–Trinajstić information content (AvgIpc) is 3.40. The predicted octanol–water partition coefficient (Wildman–Crippen LogP) is 4.16. The molecule has 1 aliphatic rings. The van der Waals surface area contributed by atoms with E-state index in [4.69, 9.17) is 10.8 Å². The number of carbonyl (C=O) groups excluding carboxylic acids is 2. The van der Waals surface area contributed by atoms with Crippen LogP contribution in [0.3, 0.4) is 0 Å². The molecule has 3 atom stereocenters. The van der Waals surface area contributed by atoms with Gasteiger partial charge in [0, 0.05) is 42.4 Å². The summed E-state index contributed by atoms with van der Waals surface area (Å²) in [5, 5.41) is 17.3. The molecule has 4 N–H and O–H groups in total. The molecule has 0 aliphatic heterocycles. The van der Waals surface area contributed by atoms with Crippen LogP contribution in [0.1, 0.15) is 49.4 Å². The van der Waals surface area contributed by atoms with Gasteiger partial charge in [0.25, 0.3) is 0 Å². The number of pyridine rings is 1. The molecular weight excluding hydrogens is 502 g/mol. The molecule has 4 aromatic rings. The van der Waals surface area contributed by atoms with Gasteiger partial charge in [0.05, 0.1) is 18.0 Å². The quantitative estimate of drug-likeness (QED) is 0.280. The summed E-state index contributed by atoms with van der Waals surface area (Å²) >= 11 is 0. The number of aliphatic hydroxyl groups is 1. The molecule has 0 radical (unpaired) electrons. The van der Waals surface area contributed by atoms with Gasteiger partial charge in [-0.15, -0.1) is 0 Å². The highest BCUT2D eigenvalue weighted by atomic mass is 16.3. The van der Waals surface area contributed by atoms with Gasteiger partial charge in [-0.2, -0.15) is 5.10 Å². The largest absolute Gasteiger partial charge is 0.392 e. The molecule has 0 bridgehead atoms. The van der Waals surface area contributed by atoms with Crippen molar-refractivity contribution in [2.24, 2.45) is 17.1 Å². The van der Waals surface area contributed by atoms with Gasteiger partial charge in [-0.3, -0.25) is 14.6 Å². The number of nitrogens with two attached hydrogens (primary N) is 1. The summed E-state index contributed by atoms with van der Waals surface area (Å²) in [7, 11) is 0. The van der Waals surface area contributed by atoms with E-state index in [0.717, 1.165) is 40.2 Å². The Morgan fingerprint density at radius 1 is 1.07 bits per heavy atom. The Balaban J connectivity index is 1.34. The summed E-state index contributed by atoms with van der Waals surface area (Å²) in [5.74, 6) is -0.413. The lowest BCUT2D eigenvalue weighted by Crippen LogP contribution is -2.49. The Hall–Kier alpha value is -4.30. The van der Waals surface area contributed by atoms with Crippen LogP contribution in [0, 0.1) is 11.3 Å². The third-order valence-corrected chi connectivity index (χ3v) is 8.28. The minimum atomic E-state index is -0.751. The molecule has 206 valence electrons. The third kappa shape index (κ3) is 5.67. The predicted molar refractivity (Wildman–Crippen MR) is 153 cm³/mol. The van der Waals surface area contributed by atoms with Gasteiger partial charge in [-0.05, 0) is 59.2 Å². The number of nitrogens with one attached hydrogen (secondary N) is 1. The van der Waals surface area contributed by atoms with Crippen molar-refractivity contribution in [3.05, 3.63) is 102 Å². The van der Waals surface area contributed by atoms with E-state index < -0.39 is 11.9 Å². The number of aliphatic hydroxyl groups excluding tert-OH is 1. The highest BCUT2D eigenvalue weighted by Gasteiger charge is 2.50. The number of nitrogens with zero attached hydrogens (tertiary/aromatic N) is 3. The van der Waals surface area contributed by atoms with E-state index in [-0.39, 0.29) is 29.8 Å². The van der Waals surface area contributed by atoms with Crippen LogP contribution in [0.2, 0.25) is 0 Å². The second-order valence-corrected chi connectivity index (χ2v) is 11.2. The van der Waals surface area contributed by atoms with Crippen LogP contribution in [0.15, 0.2) is 85.2 Å².